The Kier molecular flexibility index (Phi) is 7.29. The van der Waals surface area contributed by atoms with Crippen LogP contribution in [0.5, 0.6) is 0 Å². The van der Waals surface area contributed by atoms with Crippen molar-refractivity contribution in [3.05, 3.63) is 46.3 Å². The van der Waals surface area contributed by atoms with E-state index >= 15 is 0 Å². The summed E-state index contributed by atoms with van der Waals surface area (Å²) < 4.78 is 31.6. The number of hydrogen-bond acceptors (Lipinski definition) is 8. The van der Waals surface area contributed by atoms with E-state index in [1.54, 1.807) is 37.3 Å². The highest BCUT2D eigenvalue weighted by Crippen LogP contribution is 2.33. The molecular formula is C20H24N4O6S2. The SMILES string of the molecule is COC(=O)c1c(NC(=O)CN2CCN(S(=O)(=O)c3ccccc3)CC2)sc(C(N)=O)c1C. The second-order valence-electron chi connectivity index (χ2n) is 7.16. The molecular weight excluding hydrogens is 456 g/mol. The van der Waals surface area contributed by atoms with Crippen molar-refractivity contribution in [2.45, 2.75) is 11.8 Å². The van der Waals surface area contributed by atoms with Crippen molar-refractivity contribution in [1.29, 1.82) is 0 Å². The average Bonchev–Trinajstić information content (AvgIpc) is 3.10. The molecule has 1 fully saturated rings. The number of carbonyl (C=O) groups is 3. The first-order valence-corrected chi connectivity index (χ1v) is 12.0. The molecule has 0 aliphatic carbocycles. The Morgan fingerprint density at radius 2 is 1.75 bits per heavy atom. The number of carbonyl (C=O) groups excluding carboxylic acids is 3. The number of esters is 1. The minimum absolute atomic E-state index is 0.00267. The Morgan fingerprint density at radius 3 is 2.31 bits per heavy atom. The van der Waals surface area contributed by atoms with Gasteiger partial charge in [0.25, 0.3) is 5.91 Å². The summed E-state index contributed by atoms with van der Waals surface area (Å²) in [5.74, 6) is -1.78. The Bertz CT molecular complexity index is 1120. The van der Waals surface area contributed by atoms with Crippen LogP contribution < -0.4 is 11.1 Å². The fraction of sp³-hybridized carbons (Fsp3) is 0.350. The third-order valence-corrected chi connectivity index (χ3v) is 8.23. The summed E-state index contributed by atoms with van der Waals surface area (Å²) in [5.41, 5.74) is 5.80. The molecule has 32 heavy (non-hydrogen) atoms. The van der Waals surface area contributed by atoms with Crippen LogP contribution in [0.15, 0.2) is 35.2 Å². The number of benzene rings is 1. The highest BCUT2D eigenvalue weighted by Gasteiger charge is 2.30. The second-order valence-corrected chi connectivity index (χ2v) is 10.1. The van der Waals surface area contributed by atoms with Gasteiger partial charge in [-0.15, -0.1) is 11.3 Å². The van der Waals surface area contributed by atoms with Crippen LogP contribution >= 0.6 is 11.3 Å². The number of piperazine rings is 1. The third kappa shape index (κ3) is 4.99. The zero-order valence-electron chi connectivity index (χ0n) is 17.7. The van der Waals surface area contributed by atoms with Gasteiger partial charge < -0.3 is 15.8 Å². The number of hydrogen-bond donors (Lipinski definition) is 2. The van der Waals surface area contributed by atoms with Gasteiger partial charge in [-0.1, -0.05) is 18.2 Å². The molecule has 3 rings (SSSR count). The first kappa shape index (κ1) is 23.9. The lowest BCUT2D eigenvalue weighted by molar-refractivity contribution is -0.117. The van der Waals surface area contributed by atoms with Gasteiger partial charge in [0.05, 0.1) is 29.0 Å². The molecule has 1 aliphatic rings. The number of primary amides is 1. The normalized spacial score (nSPS) is 15.3. The Balaban J connectivity index is 1.63. The Labute approximate surface area is 190 Å². The van der Waals surface area contributed by atoms with E-state index < -0.39 is 27.8 Å². The molecule has 1 aromatic heterocycles. The number of methoxy groups -OCH3 is 1. The predicted molar refractivity (Wildman–Crippen MR) is 119 cm³/mol. The third-order valence-electron chi connectivity index (χ3n) is 5.09. The summed E-state index contributed by atoms with van der Waals surface area (Å²) in [6, 6.07) is 8.20. The number of anilines is 1. The van der Waals surface area contributed by atoms with Gasteiger partial charge in [-0.2, -0.15) is 4.31 Å². The van der Waals surface area contributed by atoms with E-state index in [2.05, 4.69) is 5.32 Å². The van der Waals surface area contributed by atoms with Crippen molar-refractivity contribution in [3.63, 3.8) is 0 Å². The number of rotatable bonds is 7. The molecule has 0 spiro atoms. The minimum Gasteiger partial charge on any atom is -0.465 e. The largest absolute Gasteiger partial charge is 0.465 e. The van der Waals surface area contributed by atoms with Gasteiger partial charge in [0, 0.05) is 26.2 Å². The van der Waals surface area contributed by atoms with E-state index in [4.69, 9.17) is 10.5 Å². The molecule has 2 amide bonds. The van der Waals surface area contributed by atoms with E-state index in [0.29, 0.717) is 18.7 Å². The van der Waals surface area contributed by atoms with Crippen molar-refractivity contribution in [1.82, 2.24) is 9.21 Å². The summed E-state index contributed by atoms with van der Waals surface area (Å²) in [5, 5.41) is 2.85. The quantitative estimate of drug-likeness (QED) is 0.561. The number of ether oxygens (including phenoxy) is 1. The van der Waals surface area contributed by atoms with Crippen molar-refractivity contribution in [2.75, 3.05) is 45.2 Å². The predicted octanol–water partition coefficient (Wildman–Crippen LogP) is 0.887. The van der Waals surface area contributed by atoms with Gasteiger partial charge in [0.1, 0.15) is 5.00 Å². The first-order valence-electron chi connectivity index (χ1n) is 9.74. The summed E-state index contributed by atoms with van der Waals surface area (Å²) in [6.07, 6.45) is 0. The van der Waals surface area contributed by atoms with Gasteiger partial charge in [-0.3, -0.25) is 14.5 Å². The maximum atomic E-state index is 12.7. The molecule has 1 aliphatic heterocycles. The molecule has 3 N–H and O–H groups in total. The topological polar surface area (TPSA) is 139 Å². The number of amides is 2. The molecule has 1 saturated heterocycles. The average molecular weight is 481 g/mol. The molecule has 0 unspecified atom stereocenters. The molecule has 0 atom stereocenters. The van der Waals surface area contributed by atoms with Crippen LogP contribution in [0.2, 0.25) is 0 Å². The highest BCUT2D eigenvalue weighted by molar-refractivity contribution is 7.89. The highest BCUT2D eigenvalue weighted by atomic mass is 32.2. The molecule has 10 nitrogen and oxygen atoms in total. The monoisotopic (exact) mass is 480 g/mol. The zero-order chi connectivity index (χ0) is 23.5. The van der Waals surface area contributed by atoms with Crippen molar-refractivity contribution < 1.29 is 27.5 Å². The van der Waals surface area contributed by atoms with E-state index in [0.717, 1.165) is 11.3 Å². The van der Waals surface area contributed by atoms with Crippen LogP contribution in [-0.2, 0) is 19.6 Å². The lowest BCUT2D eigenvalue weighted by Crippen LogP contribution is -2.50. The Morgan fingerprint density at radius 1 is 1.12 bits per heavy atom. The fourth-order valence-corrected chi connectivity index (χ4v) is 5.93. The van der Waals surface area contributed by atoms with Crippen LogP contribution in [0, 0.1) is 6.92 Å². The summed E-state index contributed by atoms with van der Waals surface area (Å²) in [6.45, 7) is 2.82. The van der Waals surface area contributed by atoms with Crippen LogP contribution in [0.4, 0.5) is 5.00 Å². The van der Waals surface area contributed by atoms with E-state index in [1.165, 1.54) is 11.4 Å². The van der Waals surface area contributed by atoms with Gasteiger partial charge in [0.2, 0.25) is 15.9 Å². The molecule has 0 radical (unpaired) electrons. The van der Waals surface area contributed by atoms with Crippen molar-refractivity contribution in [2.24, 2.45) is 5.73 Å². The molecule has 0 bridgehead atoms. The molecule has 172 valence electrons. The van der Waals surface area contributed by atoms with Crippen LogP contribution in [0.3, 0.4) is 0 Å². The van der Waals surface area contributed by atoms with Gasteiger partial charge >= 0.3 is 5.97 Å². The van der Waals surface area contributed by atoms with Gasteiger partial charge in [-0.25, -0.2) is 13.2 Å². The summed E-state index contributed by atoms with van der Waals surface area (Å²) >= 11 is 0.916. The van der Waals surface area contributed by atoms with E-state index in [9.17, 15) is 22.8 Å². The molecule has 2 aromatic rings. The van der Waals surface area contributed by atoms with Crippen LogP contribution in [-0.4, -0.2) is 75.2 Å². The number of nitrogens with zero attached hydrogens (tertiary/aromatic N) is 2. The number of thiophene rings is 1. The maximum absolute atomic E-state index is 12.7. The maximum Gasteiger partial charge on any atom is 0.341 e. The van der Waals surface area contributed by atoms with Crippen LogP contribution in [0.1, 0.15) is 25.6 Å². The number of sulfonamides is 1. The lowest BCUT2D eigenvalue weighted by Gasteiger charge is -2.33. The number of nitrogens with two attached hydrogens (primary N) is 1. The van der Waals surface area contributed by atoms with E-state index in [-0.39, 0.29) is 40.0 Å². The summed E-state index contributed by atoms with van der Waals surface area (Å²) in [7, 11) is -2.37. The molecule has 12 heteroatoms. The summed E-state index contributed by atoms with van der Waals surface area (Å²) in [4.78, 5) is 38.5. The number of nitrogens with one attached hydrogen (secondary N) is 1. The van der Waals surface area contributed by atoms with Crippen LogP contribution in [0.25, 0.3) is 0 Å². The smallest absolute Gasteiger partial charge is 0.341 e. The molecule has 0 saturated carbocycles. The van der Waals surface area contributed by atoms with Crippen molar-refractivity contribution >= 4 is 44.1 Å². The first-order chi connectivity index (χ1) is 15.1. The lowest BCUT2D eigenvalue weighted by atomic mass is 10.1. The second kappa shape index (κ2) is 9.77. The Hall–Kier alpha value is -2.80. The zero-order valence-corrected chi connectivity index (χ0v) is 19.3. The molecule has 2 heterocycles. The fourth-order valence-electron chi connectivity index (χ4n) is 3.42. The van der Waals surface area contributed by atoms with E-state index in [1.807, 2.05) is 4.90 Å². The van der Waals surface area contributed by atoms with Gasteiger partial charge in [-0.05, 0) is 24.6 Å². The molecule has 1 aromatic carbocycles. The van der Waals surface area contributed by atoms with Crippen molar-refractivity contribution in [3.8, 4) is 0 Å². The standard InChI is InChI=1S/C20H24N4O6S2/c1-13-16(20(27)30-2)19(31-17(13)18(21)26)22-15(25)12-23-8-10-24(11-9-23)32(28,29)14-6-4-3-5-7-14/h3-7H,8-12H2,1-2H3,(H2,21,26)(H,22,25). The van der Waals surface area contributed by atoms with Gasteiger partial charge in [0.15, 0.2) is 0 Å². The minimum atomic E-state index is -3.58.